The molecular weight excluding hydrogens is 348 g/mol. The number of likely N-dealkylation sites (tertiary alicyclic amines) is 1. The Labute approximate surface area is 155 Å². The number of para-hydroxylation sites is 1. The van der Waals surface area contributed by atoms with Crippen molar-refractivity contribution in [2.24, 2.45) is 5.92 Å². The van der Waals surface area contributed by atoms with Gasteiger partial charge in [-0.15, -0.1) is 0 Å². The largest absolute Gasteiger partial charge is 0.324 e. The van der Waals surface area contributed by atoms with Crippen molar-refractivity contribution in [3.63, 3.8) is 0 Å². The van der Waals surface area contributed by atoms with Gasteiger partial charge in [-0.25, -0.2) is 4.79 Å². The summed E-state index contributed by atoms with van der Waals surface area (Å²) in [6, 6.07) is 16.2. The molecule has 0 bridgehead atoms. The summed E-state index contributed by atoms with van der Waals surface area (Å²) >= 11 is 0. The highest BCUT2D eigenvalue weighted by Gasteiger charge is 2.28. The molecule has 1 fully saturated rings. The van der Waals surface area contributed by atoms with Crippen LogP contribution in [0.25, 0.3) is 0 Å². The minimum Gasteiger partial charge on any atom is -0.324 e. The number of carbonyl (C=O) groups excluding carboxylic acids is 2. The highest BCUT2D eigenvalue weighted by atomic mass is 32.2. The van der Waals surface area contributed by atoms with Crippen molar-refractivity contribution in [2.45, 2.75) is 17.7 Å². The number of hydrogen-bond acceptors (Lipinski definition) is 3. The first-order valence-corrected chi connectivity index (χ1v) is 10.2. The van der Waals surface area contributed by atoms with Gasteiger partial charge in [-0.05, 0) is 25.0 Å². The molecule has 0 spiro atoms. The van der Waals surface area contributed by atoms with Crippen LogP contribution in [0.15, 0.2) is 59.5 Å². The summed E-state index contributed by atoms with van der Waals surface area (Å²) in [4.78, 5) is 27.4. The molecule has 2 amide bonds. The number of urea groups is 1. The maximum atomic E-state index is 12.5. The number of piperidine rings is 1. The van der Waals surface area contributed by atoms with E-state index in [1.54, 1.807) is 35.4 Å². The summed E-state index contributed by atoms with van der Waals surface area (Å²) in [6.45, 7) is 1.07. The van der Waals surface area contributed by atoms with E-state index >= 15 is 0 Å². The van der Waals surface area contributed by atoms with Crippen molar-refractivity contribution in [3.05, 3.63) is 60.2 Å². The molecule has 3 rings (SSSR count). The third kappa shape index (κ3) is 4.19. The summed E-state index contributed by atoms with van der Waals surface area (Å²) in [5.74, 6) is 0.106. The molecule has 2 aromatic rings. The van der Waals surface area contributed by atoms with Gasteiger partial charge in [0.1, 0.15) is 0 Å². The lowest BCUT2D eigenvalue weighted by atomic mass is 9.89. The SMILES string of the molecule is C[S@@](=O)c1ccccc1NC(=O)N1CCC(C(=O)c2ccccc2)CC1. The van der Waals surface area contributed by atoms with Gasteiger partial charge in [-0.2, -0.15) is 0 Å². The monoisotopic (exact) mass is 370 g/mol. The molecule has 136 valence electrons. The van der Waals surface area contributed by atoms with Crippen LogP contribution in [-0.2, 0) is 10.8 Å². The molecule has 1 aliphatic heterocycles. The van der Waals surface area contributed by atoms with Crippen LogP contribution in [0.1, 0.15) is 23.2 Å². The average Bonchev–Trinajstić information content (AvgIpc) is 2.68. The second-order valence-electron chi connectivity index (χ2n) is 6.37. The number of amides is 2. The summed E-state index contributed by atoms with van der Waals surface area (Å²) in [7, 11) is -1.17. The van der Waals surface area contributed by atoms with Crippen LogP contribution < -0.4 is 5.32 Å². The van der Waals surface area contributed by atoms with E-state index in [0.29, 0.717) is 36.5 Å². The lowest BCUT2D eigenvalue weighted by Gasteiger charge is -2.31. The minimum atomic E-state index is -1.17. The zero-order chi connectivity index (χ0) is 18.5. The van der Waals surface area contributed by atoms with Gasteiger partial charge in [-0.3, -0.25) is 9.00 Å². The van der Waals surface area contributed by atoms with E-state index in [1.165, 1.54) is 0 Å². The lowest BCUT2D eigenvalue weighted by molar-refractivity contribution is 0.0859. The van der Waals surface area contributed by atoms with Crippen LogP contribution in [0.4, 0.5) is 10.5 Å². The first-order chi connectivity index (χ1) is 12.6. The van der Waals surface area contributed by atoms with Gasteiger partial charge in [0.05, 0.1) is 21.4 Å². The van der Waals surface area contributed by atoms with Gasteiger partial charge in [0, 0.05) is 30.8 Å². The summed E-state index contributed by atoms with van der Waals surface area (Å²) in [6.07, 6.45) is 2.90. The molecular formula is C20H22N2O3S. The molecule has 5 nitrogen and oxygen atoms in total. The van der Waals surface area contributed by atoms with Crippen molar-refractivity contribution in [1.29, 1.82) is 0 Å². The van der Waals surface area contributed by atoms with Gasteiger partial charge in [0.25, 0.3) is 0 Å². The Bertz CT molecular complexity index is 815. The van der Waals surface area contributed by atoms with Crippen molar-refractivity contribution >= 4 is 28.3 Å². The number of ketones is 1. The number of hydrogen-bond donors (Lipinski definition) is 1. The second-order valence-corrected chi connectivity index (χ2v) is 7.72. The van der Waals surface area contributed by atoms with Gasteiger partial charge < -0.3 is 10.2 Å². The Morgan fingerprint density at radius 3 is 2.27 bits per heavy atom. The van der Waals surface area contributed by atoms with E-state index in [0.717, 1.165) is 5.56 Å². The van der Waals surface area contributed by atoms with E-state index < -0.39 is 10.8 Å². The topological polar surface area (TPSA) is 66.5 Å². The number of Topliss-reactive ketones (excluding diaryl/α,β-unsaturated/α-hetero) is 1. The Morgan fingerprint density at radius 1 is 1.00 bits per heavy atom. The van der Waals surface area contributed by atoms with Crippen LogP contribution in [-0.4, -0.2) is 40.3 Å². The predicted octanol–water partition coefficient (Wildman–Crippen LogP) is 3.55. The van der Waals surface area contributed by atoms with Crippen LogP contribution in [0.2, 0.25) is 0 Å². The summed E-state index contributed by atoms with van der Waals surface area (Å²) < 4.78 is 11.8. The molecule has 6 heteroatoms. The van der Waals surface area contributed by atoms with Gasteiger partial charge in [0.15, 0.2) is 5.78 Å². The Morgan fingerprint density at radius 2 is 1.62 bits per heavy atom. The highest BCUT2D eigenvalue weighted by Crippen LogP contribution is 2.23. The van der Waals surface area contributed by atoms with Gasteiger partial charge in [0.2, 0.25) is 0 Å². The highest BCUT2D eigenvalue weighted by molar-refractivity contribution is 7.84. The first kappa shape index (κ1) is 18.3. The van der Waals surface area contributed by atoms with E-state index in [2.05, 4.69) is 5.32 Å². The zero-order valence-corrected chi connectivity index (χ0v) is 15.5. The van der Waals surface area contributed by atoms with E-state index in [1.807, 2.05) is 30.3 Å². The molecule has 2 aromatic carbocycles. The van der Waals surface area contributed by atoms with E-state index in [-0.39, 0.29) is 17.7 Å². The molecule has 0 radical (unpaired) electrons. The number of nitrogens with one attached hydrogen (secondary N) is 1. The maximum absolute atomic E-state index is 12.5. The molecule has 1 heterocycles. The van der Waals surface area contributed by atoms with Gasteiger partial charge in [-0.1, -0.05) is 42.5 Å². The maximum Gasteiger partial charge on any atom is 0.321 e. The minimum absolute atomic E-state index is 0.0446. The number of nitrogens with zero attached hydrogens (tertiary/aromatic N) is 1. The summed E-state index contributed by atoms with van der Waals surface area (Å²) in [5, 5.41) is 2.85. The summed E-state index contributed by atoms with van der Waals surface area (Å²) in [5.41, 5.74) is 1.30. The van der Waals surface area contributed by atoms with Crippen molar-refractivity contribution in [2.75, 3.05) is 24.7 Å². The van der Waals surface area contributed by atoms with Crippen LogP contribution in [0, 0.1) is 5.92 Å². The molecule has 0 unspecified atom stereocenters. The molecule has 0 aliphatic carbocycles. The second kappa shape index (κ2) is 8.27. The normalized spacial score (nSPS) is 16.1. The van der Waals surface area contributed by atoms with Gasteiger partial charge >= 0.3 is 6.03 Å². The molecule has 1 atom stereocenters. The van der Waals surface area contributed by atoms with E-state index in [4.69, 9.17) is 0 Å². The molecule has 26 heavy (non-hydrogen) atoms. The molecule has 1 saturated heterocycles. The Balaban J connectivity index is 1.59. The third-order valence-corrected chi connectivity index (χ3v) is 5.63. The quantitative estimate of drug-likeness (QED) is 0.837. The van der Waals surface area contributed by atoms with E-state index in [9.17, 15) is 13.8 Å². The molecule has 1 N–H and O–H groups in total. The fraction of sp³-hybridized carbons (Fsp3) is 0.300. The number of rotatable bonds is 4. The molecule has 0 saturated carbocycles. The van der Waals surface area contributed by atoms with Crippen LogP contribution >= 0.6 is 0 Å². The number of benzene rings is 2. The molecule has 0 aromatic heterocycles. The first-order valence-electron chi connectivity index (χ1n) is 8.64. The average molecular weight is 370 g/mol. The van der Waals surface area contributed by atoms with Crippen molar-refractivity contribution < 1.29 is 13.8 Å². The third-order valence-electron chi connectivity index (χ3n) is 4.65. The number of carbonyl (C=O) groups is 2. The Kier molecular flexibility index (Phi) is 5.83. The molecule has 1 aliphatic rings. The predicted molar refractivity (Wildman–Crippen MR) is 103 cm³/mol. The standard InChI is InChI=1S/C20H22N2O3S/c1-26(25)18-10-6-5-9-17(18)21-20(24)22-13-11-16(12-14-22)19(23)15-7-3-2-4-8-15/h2-10,16H,11-14H2,1H3,(H,21,24)/t26-/m1/s1. The van der Waals surface area contributed by atoms with Crippen molar-refractivity contribution in [3.8, 4) is 0 Å². The number of anilines is 1. The zero-order valence-electron chi connectivity index (χ0n) is 14.7. The van der Waals surface area contributed by atoms with Crippen molar-refractivity contribution in [1.82, 2.24) is 4.90 Å². The van der Waals surface area contributed by atoms with Crippen LogP contribution in [0.3, 0.4) is 0 Å². The fourth-order valence-electron chi connectivity index (χ4n) is 3.20. The van der Waals surface area contributed by atoms with Crippen LogP contribution in [0.5, 0.6) is 0 Å². The fourth-order valence-corrected chi connectivity index (χ4v) is 3.90. The smallest absolute Gasteiger partial charge is 0.321 e. The Hall–Kier alpha value is -2.47. The lowest BCUT2D eigenvalue weighted by Crippen LogP contribution is -2.42.